The fraction of sp³-hybridized carbons (Fsp3) is 0.304. The van der Waals surface area contributed by atoms with Gasteiger partial charge in [-0.1, -0.05) is 12.1 Å². The normalized spacial score (nSPS) is 16.2. The Morgan fingerprint density at radius 3 is 2.75 bits per heavy atom. The number of Topliss-reactive ketones (excluding diaryl/α,β-unsaturated/α-hetero) is 1. The summed E-state index contributed by atoms with van der Waals surface area (Å²) in [6, 6.07) is 6.51. The van der Waals surface area contributed by atoms with Gasteiger partial charge in [-0.3, -0.25) is 9.59 Å². The molecule has 1 aliphatic rings. The van der Waals surface area contributed by atoms with Gasteiger partial charge in [0, 0.05) is 25.5 Å². The average Bonchev–Trinajstić information content (AvgIpc) is 3.48. The maximum atomic E-state index is 13.5. The maximum Gasteiger partial charge on any atom is 0.290 e. The van der Waals surface area contributed by atoms with Gasteiger partial charge < -0.3 is 19.3 Å². The number of amides is 1. The molecule has 0 saturated carbocycles. The molecule has 3 heterocycles. The van der Waals surface area contributed by atoms with Crippen LogP contribution in [-0.2, 0) is 11.3 Å². The molecule has 0 spiro atoms. The number of ether oxygens (including phenoxy) is 1. The summed E-state index contributed by atoms with van der Waals surface area (Å²) in [4.78, 5) is 36.9. The molecule has 1 atom stereocenters. The molecule has 1 aliphatic heterocycles. The van der Waals surface area contributed by atoms with Crippen molar-refractivity contribution in [1.29, 1.82) is 0 Å². The van der Waals surface area contributed by atoms with Gasteiger partial charge >= 0.3 is 0 Å². The number of nitrogens with zero attached hydrogens (tertiary/aromatic N) is 4. The van der Waals surface area contributed by atoms with E-state index < -0.39 is 17.7 Å². The van der Waals surface area contributed by atoms with Gasteiger partial charge in [0.05, 0.1) is 40.6 Å². The molecule has 2 aromatic heterocycles. The maximum absolute atomic E-state index is 13.5. The molecule has 4 rings (SSSR count). The molecule has 166 valence electrons. The zero-order valence-corrected chi connectivity index (χ0v) is 18.9. The van der Waals surface area contributed by atoms with E-state index in [1.165, 1.54) is 11.3 Å². The van der Waals surface area contributed by atoms with E-state index in [9.17, 15) is 14.7 Å². The summed E-state index contributed by atoms with van der Waals surface area (Å²) in [5.41, 5.74) is 1.37. The van der Waals surface area contributed by atoms with Crippen LogP contribution < -0.4 is 4.74 Å². The average molecular weight is 453 g/mol. The van der Waals surface area contributed by atoms with Crippen molar-refractivity contribution >= 4 is 23.0 Å². The van der Waals surface area contributed by atoms with Gasteiger partial charge in [0.1, 0.15) is 5.75 Å². The molecule has 32 heavy (non-hydrogen) atoms. The van der Waals surface area contributed by atoms with Crippen molar-refractivity contribution < 1.29 is 19.4 Å². The van der Waals surface area contributed by atoms with E-state index in [0.29, 0.717) is 41.4 Å². The van der Waals surface area contributed by atoms with Crippen molar-refractivity contribution in [3.63, 3.8) is 0 Å². The van der Waals surface area contributed by atoms with Gasteiger partial charge in [0.2, 0.25) is 5.78 Å². The van der Waals surface area contributed by atoms with Crippen molar-refractivity contribution in [2.75, 3.05) is 13.7 Å². The minimum Gasteiger partial charge on any atom is -0.503 e. The fourth-order valence-corrected chi connectivity index (χ4v) is 4.86. The van der Waals surface area contributed by atoms with E-state index in [-0.39, 0.29) is 11.4 Å². The minimum atomic E-state index is -0.713. The van der Waals surface area contributed by atoms with E-state index in [2.05, 4.69) is 9.97 Å². The predicted octanol–water partition coefficient (Wildman–Crippen LogP) is 3.63. The van der Waals surface area contributed by atoms with Crippen LogP contribution in [0.25, 0.3) is 0 Å². The molecule has 0 fully saturated rings. The molecule has 8 nitrogen and oxygen atoms in total. The highest BCUT2D eigenvalue weighted by atomic mass is 32.1. The highest BCUT2D eigenvalue weighted by Crippen LogP contribution is 2.41. The van der Waals surface area contributed by atoms with E-state index >= 15 is 0 Å². The van der Waals surface area contributed by atoms with Crippen LogP contribution in [0, 0.1) is 13.8 Å². The Kier molecular flexibility index (Phi) is 6.09. The quantitative estimate of drug-likeness (QED) is 0.524. The Bertz CT molecular complexity index is 1180. The second kappa shape index (κ2) is 8.96. The number of aromatic nitrogens is 3. The topological polar surface area (TPSA) is 97.5 Å². The van der Waals surface area contributed by atoms with Crippen molar-refractivity contribution in [2.45, 2.75) is 32.9 Å². The van der Waals surface area contributed by atoms with Gasteiger partial charge in [0.15, 0.2) is 5.76 Å². The number of rotatable bonds is 8. The summed E-state index contributed by atoms with van der Waals surface area (Å²) in [6.07, 6.45) is 5.90. The lowest BCUT2D eigenvalue weighted by atomic mass is 9.95. The zero-order chi connectivity index (χ0) is 22.8. The van der Waals surface area contributed by atoms with Crippen LogP contribution in [-0.4, -0.2) is 49.9 Å². The number of aryl methyl sites for hydroxylation is 3. The number of benzene rings is 1. The second-order valence-corrected chi connectivity index (χ2v) is 8.77. The number of ketones is 1. The highest BCUT2D eigenvalue weighted by molar-refractivity contribution is 7.14. The molecule has 1 N–H and O–H groups in total. The Labute approximate surface area is 189 Å². The van der Waals surface area contributed by atoms with Crippen LogP contribution in [0.4, 0.5) is 0 Å². The number of carbonyl (C=O) groups excluding carboxylic acids is 2. The molecular formula is C23H24N4O4S. The van der Waals surface area contributed by atoms with Gasteiger partial charge in [-0.15, -0.1) is 11.3 Å². The lowest BCUT2D eigenvalue weighted by Crippen LogP contribution is -2.32. The number of methoxy groups -OCH3 is 1. The van der Waals surface area contributed by atoms with E-state index in [0.717, 1.165) is 5.01 Å². The first-order valence-corrected chi connectivity index (χ1v) is 11.0. The SMILES string of the molecule is COc1cccc([C@@H]2C(C(=O)c3sc(C)nc3C)=C(O)C(=O)N2CCCn2ccnc2)c1. The van der Waals surface area contributed by atoms with Crippen LogP contribution in [0.15, 0.2) is 54.3 Å². The molecule has 1 amide bonds. The molecule has 0 bridgehead atoms. The monoisotopic (exact) mass is 452 g/mol. The molecular weight excluding hydrogens is 428 g/mol. The van der Waals surface area contributed by atoms with E-state index in [4.69, 9.17) is 4.74 Å². The summed E-state index contributed by atoms with van der Waals surface area (Å²) in [6.45, 7) is 4.60. The molecule has 3 aromatic rings. The third-order valence-corrected chi connectivity index (χ3v) is 6.51. The van der Waals surface area contributed by atoms with Crippen LogP contribution in [0.2, 0.25) is 0 Å². The van der Waals surface area contributed by atoms with E-state index in [1.807, 2.05) is 29.8 Å². The van der Waals surface area contributed by atoms with E-state index in [1.54, 1.807) is 43.6 Å². The lowest BCUT2D eigenvalue weighted by molar-refractivity contribution is -0.129. The standard InChI is InChI=1S/C23H24N4O4S/c1-14-22(32-15(2)25-14)20(28)18-19(16-6-4-7-17(12-16)31-3)27(23(30)21(18)29)10-5-9-26-11-8-24-13-26/h4,6-8,11-13,19,29H,5,9-10H2,1-3H3/t19-/m1/s1. The smallest absolute Gasteiger partial charge is 0.290 e. The first-order valence-electron chi connectivity index (χ1n) is 10.2. The Hall–Kier alpha value is -3.46. The Morgan fingerprint density at radius 2 is 2.09 bits per heavy atom. The first kappa shape index (κ1) is 21.8. The van der Waals surface area contributed by atoms with Gasteiger partial charge in [-0.05, 0) is 38.0 Å². The highest BCUT2D eigenvalue weighted by Gasteiger charge is 2.44. The largest absolute Gasteiger partial charge is 0.503 e. The van der Waals surface area contributed by atoms with Gasteiger partial charge in [-0.2, -0.15) is 0 Å². The van der Waals surface area contributed by atoms with Crippen LogP contribution >= 0.6 is 11.3 Å². The number of thiazole rings is 1. The zero-order valence-electron chi connectivity index (χ0n) is 18.1. The summed E-state index contributed by atoms with van der Waals surface area (Å²) in [7, 11) is 1.56. The minimum absolute atomic E-state index is 0.0811. The summed E-state index contributed by atoms with van der Waals surface area (Å²) < 4.78 is 7.27. The van der Waals surface area contributed by atoms with Crippen LogP contribution in [0.5, 0.6) is 5.75 Å². The molecule has 0 aliphatic carbocycles. The molecule has 0 unspecified atom stereocenters. The Morgan fingerprint density at radius 1 is 1.28 bits per heavy atom. The number of hydrogen-bond donors (Lipinski definition) is 1. The van der Waals surface area contributed by atoms with Gasteiger partial charge in [-0.25, -0.2) is 9.97 Å². The third-order valence-electron chi connectivity index (χ3n) is 5.44. The first-order chi connectivity index (χ1) is 15.4. The second-order valence-electron chi connectivity index (χ2n) is 7.57. The van der Waals surface area contributed by atoms with Gasteiger partial charge in [0.25, 0.3) is 5.91 Å². The number of aliphatic hydroxyl groups excluding tert-OH is 1. The molecule has 9 heteroatoms. The van der Waals surface area contributed by atoms with Crippen molar-refractivity contribution in [3.05, 3.63) is 75.5 Å². The van der Waals surface area contributed by atoms with Crippen LogP contribution in [0.3, 0.4) is 0 Å². The molecule has 1 aromatic carbocycles. The third kappa shape index (κ3) is 4.03. The summed E-state index contributed by atoms with van der Waals surface area (Å²) in [5, 5.41) is 11.6. The predicted molar refractivity (Wildman–Crippen MR) is 120 cm³/mol. The number of carbonyl (C=O) groups is 2. The number of hydrogen-bond acceptors (Lipinski definition) is 7. The Balaban J connectivity index is 1.71. The van der Waals surface area contributed by atoms with Crippen molar-refractivity contribution in [2.24, 2.45) is 0 Å². The fourth-order valence-electron chi connectivity index (χ4n) is 3.98. The van der Waals surface area contributed by atoms with Crippen molar-refractivity contribution in [1.82, 2.24) is 19.4 Å². The number of imidazole rings is 1. The van der Waals surface area contributed by atoms with Crippen LogP contribution in [0.1, 0.15) is 38.4 Å². The number of aliphatic hydroxyl groups is 1. The summed E-state index contributed by atoms with van der Waals surface area (Å²) >= 11 is 1.26. The molecule has 0 saturated heterocycles. The summed E-state index contributed by atoms with van der Waals surface area (Å²) in [5.74, 6) is -0.818. The van der Waals surface area contributed by atoms with Crippen molar-refractivity contribution in [3.8, 4) is 5.75 Å². The molecule has 0 radical (unpaired) electrons. The lowest BCUT2D eigenvalue weighted by Gasteiger charge is -2.27.